The highest BCUT2D eigenvalue weighted by molar-refractivity contribution is 14.0. The Morgan fingerprint density at radius 1 is 1.26 bits per heavy atom. The molecule has 0 unspecified atom stereocenters. The summed E-state index contributed by atoms with van der Waals surface area (Å²) in [5.41, 5.74) is 0. The van der Waals surface area contributed by atoms with Crippen LogP contribution in [-0.4, -0.2) is 96.0 Å². The first-order chi connectivity index (χ1) is 12.4. The second kappa shape index (κ2) is 14.8. The summed E-state index contributed by atoms with van der Waals surface area (Å²) < 4.78 is 35.8. The lowest BCUT2D eigenvalue weighted by molar-refractivity contribution is 0.00991. The smallest absolute Gasteiger partial charge is 0.213 e. The first kappa shape index (κ1) is 26.8. The Morgan fingerprint density at radius 3 is 2.48 bits per heavy atom. The molecule has 10 heteroatoms. The van der Waals surface area contributed by atoms with E-state index in [9.17, 15) is 8.42 Å². The van der Waals surface area contributed by atoms with Crippen LogP contribution in [0.3, 0.4) is 0 Å². The number of nitrogens with one attached hydrogen (secondary N) is 1. The van der Waals surface area contributed by atoms with E-state index in [0.29, 0.717) is 19.2 Å². The zero-order chi connectivity index (χ0) is 19.4. The fraction of sp³-hybridized carbons (Fsp3) is 0.941. The molecule has 0 aromatic heterocycles. The number of nitrogens with zero attached hydrogens (tertiary/aromatic N) is 3. The predicted molar refractivity (Wildman–Crippen MR) is 121 cm³/mol. The quantitative estimate of drug-likeness (QED) is 0.192. The van der Waals surface area contributed by atoms with E-state index < -0.39 is 10.0 Å². The molecule has 0 bridgehead atoms. The normalized spacial score (nSPS) is 16.5. The summed E-state index contributed by atoms with van der Waals surface area (Å²) in [5, 5.41) is 3.34. The fourth-order valence-electron chi connectivity index (χ4n) is 2.88. The molecule has 0 radical (unpaired) electrons. The maximum absolute atomic E-state index is 11.7. The molecule has 0 aromatic rings. The zero-order valence-electron chi connectivity index (χ0n) is 17.1. The minimum Gasteiger partial charge on any atom is -0.385 e. The van der Waals surface area contributed by atoms with Crippen LogP contribution in [0.5, 0.6) is 0 Å². The minimum atomic E-state index is -3.10. The van der Waals surface area contributed by atoms with Gasteiger partial charge in [0.25, 0.3) is 0 Å². The molecule has 0 aliphatic carbocycles. The molecule has 8 nitrogen and oxygen atoms in total. The lowest BCUT2D eigenvalue weighted by Crippen LogP contribution is -2.47. The van der Waals surface area contributed by atoms with Gasteiger partial charge in [0.15, 0.2) is 5.96 Å². The van der Waals surface area contributed by atoms with Crippen LogP contribution < -0.4 is 5.32 Å². The van der Waals surface area contributed by atoms with E-state index in [1.807, 2.05) is 0 Å². The Hall–Kier alpha value is -0.170. The van der Waals surface area contributed by atoms with Crippen molar-refractivity contribution in [2.24, 2.45) is 4.99 Å². The van der Waals surface area contributed by atoms with E-state index in [2.05, 4.69) is 15.2 Å². The molecular formula is C17H37IN4O4S. The number of ether oxygens (including phenoxy) is 2. The van der Waals surface area contributed by atoms with Crippen molar-refractivity contribution in [3.63, 3.8) is 0 Å². The van der Waals surface area contributed by atoms with Crippen molar-refractivity contribution in [3.05, 3.63) is 0 Å². The number of hydrogen-bond acceptors (Lipinski definition) is 5. The van der Waals surface area contributed by atoms with Crippen molar-refractivity contribution in [1.82, 2.24) is 14.5 Å². The summed E-state index contributed by atoms with van der Waals surface area (Å²) in [5.74, 6) is 1.02. The van der Waals surface area contributed by atoms with Crippen LogP contribution in [-0.2, 0) is 19.5 Å². The number of aliphatic imine (C=N–C) groups is 1. The van der Waals surface area contributed by atoms with Gasteiger partial charge in [0.1, 0.15) is 0 Å². The molecular weight excluding hydrogens is 483 g/mol. The van der Waals surface area contributed by atoms with Crippen molar-refractivity contribution < 1.29 is 17.9 Å². The van der Waals surface area contributed by atoms with Gasteiger partial charge in [-0.1, -0.05) is 0 Å². The highest BCUT2D eigenvalue weighted by atomic mass is 127. The van der Waals surface area contributed by atoms with Crippen LogP contribution in [0.1, 0.15) is 32.6 Å². The second-order valence-corrected chi connectivity index (χ2v) is 8.82. The Morgan fingerprint density at radius 2 is 1.93 bits per heavy atom. The Labute approximate surface area is 182 Å². The minimum absolute atomic E-state index is 0. The number of sulfonamides is 1. The van der Waals surface area contributed by atoms with Gasteiger partial charge in [-0.3, -0.25) is 4.99 Å². The van der Waals surface area contributed by atoms with Crippen molar-refractivity contribution in [3.8, 4) is 0 Å². The largest absolute Gasteiger partial charge is 0.385 e. The van der Waals surface area contributed by atoms with Gasteiger partial charge in [0.2, 0.25) is 10.0 Å². The van der Waals surface area contributed by atoms with Crippen molar-refractivity contribution in [2.75, 3.05) is 66.4 Å². The summed E-state index contributed by atoms with van der Waals surface area (Å²) in [6, 6.07) is 0. The molecule has 162 valence electrons. The number of rotatable bonds is 11. The van der Waals surface area contributed by atoms with Gasteiger partial charge in [0.05, 0.1) is 11.9 Å². The van der Waals surface area contributed by atoms with Crippen LogP contribution in [0, 0.1) is 0 Å². The molecule has 0 amide bonds. The van der Waals surface area contributed by atoms with Gasteiger partial charge in [-0.25, -0.2) is 12.7 Å². The third kappa shape index (κ3) is 10.2. The molecule has 0 atom stereocenters. The van der Waals surface area contributed by atoms with Crippen LogP contribution >= 0.6 is 24.0 Å². The lowest BCUT2D eigenvalue weighted by Gasteiger charge is -2.34. The number of hydrogen-bond donors (Lipinski definition) is 1. The molecule has 1 aliphatic rings. The van der Waals surface area contributed by atoms with Crippen LogP contribution in [0.15, 0.2) is 4.99 Å². The second-order valence-electron chi connectivity index (χ2n) is 6.45. The van der Waals surface area contributed by atoms with Crippen molar-refractivity contribution in [2.45, 2.75) is 38.7 Å². The number of methoxy groups -OCH3 is 1. The number of piperidine rings is 1. The molecule has 0 saturated carbocycles. The molecule has 0 spiro atoms. The van der Waals surface area contributed by atoms with Crippen molar-refractivity contribution in [1.29, 1.82) is 0 Å². The first-order valence-electron chi connectivity index (χ1n) is 9.44. The summed E-state index contributed by atoms with van der Waals surface area (Å²) >= 11 is 0. The Kier molecular flexibility index (Phi) is 14.7. The lowest BCUT2D eigenvalue weighted by atomic mass is 10.1. The Bertz CT molecular complexity index is 511. The van der Waals surface area contributed by atoms with E-state index in [1.165, 1.54) is 4.31 Å². The number of guanidine groups is 1. The van der Waals surface area contributed by atoms with Gasteiger partial charge in [-0.2, -0.15) is 0 Å². The van der Waals surface area contributed by atoms with E-state index in [-0.39, 0.29) is 29.7 Å². The van der Waals surface area contributed by atoms with Gasteiger partial charge < -0.3 is 19.7 Å². The van der Waals surface area contributed by atoms with E-state index in [1.54, 1.807) is 28.1 Å². The first-order valence-corrected chi connectivity index (χ1v) is 11.1. The topological polar surface area (TPSA) is 83.5 Å². The number of likely N-dealkylation sites (tertiary alicyclic amines) is 1. The molecule has 27 heavy (non-hydrogen) atoms. The fourth-order valence-corrected chi connectivity index (χ4v) is 3.73. The van der Waals surface area contributed by atoms with Gasteiger partial charge >= 0.3 is 0 Å². The summed E-state index contributed by atoms with van der Waals surface area (Å²) in [6.07, 6.45) is 3.97. The van der Waals surface area contributed by atoms with E-state index in [0.717, 1.165) is 57.9 Å². The van der Waals surface area contributed by atoms with E-state index in [4.69, 9.17) is 9.47 Å². The standard InChI is InChI=1S/C17H36N4O4S.HI/c1-5-26(22,23)20(3)11-6-10-19-17(18-2)21-12-8-16(9-13-21)25-15-7-14-24-4;/h16H,5-15H2,1-4H3,(H,18,19);1H. The van der Waals surface area contributed by atoms with E-state index >= 15 is 0 Å². The summed E-state index contributed by atoms with van der Waals surface area (Å²) in [4.78, 5) is 6.58. The summed E-state index contributed by atoms with van der Waals surface area (Å²) in [7, 11) is 2.02. The third-order valence-corrected chi connectivity index (χ3v) is 6.43. The predicted octanol–water partition coefficient (Wildman–Crippen LogP) is 1.37. The molecule has 1 saturated heterocycles. The monoisotopic (exact) mass is 520 g/mol. The molecule has 1 heterocycles. The van der Waals surface area contributed by atoms with Gasteiger partial charge in [-0.15, -0.1) is 24.0 Å². The molecule has 1 fully saturated rings. The molecule has 1 aliphatic heterocycles. The average Bonchev–Trinajstić information content (AvgIpc) is 2.65. The summed E-state index contributed by atoms with van der Waals surface area (Å²) in [6.45, 7) is 6.19. The van der Waals surface area contributed by atoms with Crippen molar-refractivity contribution >= 4 is 40.0 Å². The van der Waals surface area contributed by atoms with Gasteiger partial charge in [-0.05, 0) is 32.6 Å². The molecule has 1 rings (SSSR count). The highest BCUT2D eigenvalue weighted by Crippen LogP contribution is 2.14. The highest BCUT2D eigenvalue weighted by Gasteiger charge is 2.22. The van der Waals surface area contributed by atoms with Crippen LogP contribution in [0.4, 0.5) is 0 Å². The maximum Gasteiger partial charge on any atom is 0.213 e. The molecule has 1 N–H and O–H groups in total. The number of halogens is 1. The maximum atomic E-state index is 11.7. The van der Waals surface area contributed by atoms with Crippen LogP contribution in [0.25, 0.3) is 0 Å². The molecule has 0 aromatic carbocycles. The zero-order valence-corrected chi connectivity index (χ0v) is 20.3. The third-order valence-electron chi connectivity index (χ3n) is 4.57. The average molecular weight is 520 g/mol. The SMILES string of the molecule is CCS(=O)(=O)N(C)CCCNC(=NC)N1CCC(OCCCOC)CC1.I. The Balaban J connectivity index is 0.00000676. The van der Waals surface area contributed by atoms with Gasteiger partial charge in [0, 0.05) is 60.6 Å². The van der Waals surface area contributed by atoms with Crippen LogP contribution in [0.2, 0.25) is 0 Å².